The second-order valence-electron chi connectivity index (χ2n) is 5.05. The lowest BCUT2D eigenvalue weighted by atomic mass is 10.2. The quantitative estimate of drug-likeness (QED) is 0.769. The van der Waals surface area contributed by atoms with Crippen LogP contribution in [0.1, 0.15) is 26.7 Å². The van der Waals surface area contributed by atoms with Crippen LogP contribution in [-0.2, 0) is 15.0 Å². The molecule has 2 aliphatic rings. The molecule has 0 aromatic heterocycles. The number of nitrogens with one attached hydrogen (secondary N) is 1. The number of hydrogen-bond donors (Lipinski definition) is 2. The van der Waals surface area contributed by atoms with Crippen molar-refractivity contribution in [2.24, 2.45) is 5.92 Å². The molecule has 0 radical (unpaired) electrons. The van der Waals surface area contributed by atoms with Crippen molar-refractivity contribution >= 4 is 27.9 Å². The van der Waals surface area contributed by atoms with E-state index in [0.717, 1.165) is 17.1 Å². The first kappa shape index (κ1) is 14.1. The Labute approximate surface area is 111 Å². The van der Waals surface area contributed by atoms with E-state index in [1.807, 2.05) is 13.8 Å². The number of rotatable bonds is 5. The molecule has 0 aromatic carbocycles. The molecule has 2 N–H and O–H groups in total. The van der Waals surface area contributed by atoms with E-state index < -0.39 is 22.2 Å². The highest BCUT2D eigenvalue weighted by Gasteiger charge is 2.48. The Balaban J connectivity index is 2.24. The van der Waals surface area contributed by atoms with E-state index in [1.54, 1.807) is 0 Å². The fourth-order valence-corrected chi connectivity index (χ4v) is 5.73. The molecule has 8 heteroatoms. The van der Waals surface area contributed by atoms with Crippen molar-refractivity contribution in [2.75, 3.05) is 5.75 Å². The first-order valence-electron chi connectivity index (χ1n) is 5.98. The van der Waals surface area contributed by atoms with Gasteiger partial charge < -0.3 is 5.11 Å². The largest absolute Gasteiger partial charge is 0.480 e. The standard InChI is InChI=1S/C10H18N2O4S2/c1-6(2)9-12(8(5-17-9)10(13)14)18(15,16)11-7-3-4-7/h6-9,11H,3-5H2,1-2H3,(H,13,14). The van der Waals surface area contributed by atoms with Crippen LogP contribution < -0.4 is 4.72 Å². The predicted molar refractivity (Wildman–Crippen MR) is 69.4 cm³/mol. The van der Waals surface area contributed by atoms with Gasteiger partial charge in [0.2, 0.25) is 0 Å². The van der Waals surface area contributed by atoms with Crippen molar-refractivity contribution in [3.63, 3.8) is 0 Å². The van der Waals surface area contributed by atoms with Crippen molar-refractivity contribution in [1.29, 1.82) is 0 Å². The number of thioether (sulfide) groups is 1. The van der Waals surface area contributed by atoms with E-state index in [1.165, 1.54) is 11.8 Å². The fourth-order valence-electron chi connectivity index (χ4n) is 1.96. The number of nitrogens with zero attached hydrogens (tertiary/aromatic N) is 1. The second-order valence-corrected chi connectivity index (χ2v) is 7.81. The summed E-state index contributed by atoms with van der Waals surface area (Å²) in [6.07, 6.45) is 1.68. The van der Waals surface area contributed by atoms with Crippen molar-refractivity contribution < 1.29 is 18.3 Å². The van der Waals surface area contributed by atoms with Crippen LogP contribution in [0.15, 0.2) is 0 Å². The van der Waals surface area contributed by atoms with Crippen LogP contribution >= 0.6 is 11.8 Å². The maximum absolute atomic E-state index is 12.3. The molecule has 2 rings (SSSR count). The summed E-state index contributed by atoms with van der Waals surface area (Å²) in [4.78, 5) is 11.2. The smallest absolute Gasteiger partial charge is 0.322 e. The van der Waals surface area contributed by atoms with Gasteiger partial charge in [-0.3, -0.25) is 4.79 Å². The average Bonchev–Trinajstić information content (AvgIpc) is 2.92. The SMILES string of the molecule is CC(C)C1SCC(C(=O)O)N1S(=O)(=O)NC1CC1. The minimum absolute atomic E-state index is 0.0112. The normalized spacial score (nSPS) is 29.9. The molecule has 2 fully saturated rings. The molecule has 18 heavy (non-hydrogen) atoms. The van der Waals surface area contributed by atoms with Gasteiger partial charge in [0.05, 0.1) is 5.37 Å². The highest BCUT2D eigenvalue weighted by molar-refractivity contribution is 8.01. The van der Waals surface area contributed by atoms with E-state index in [2.05, 4.69) is 4.72 Å². The van der Waals surface area contributed by atoms with E-state index in [4.69, 9.17) is 5.11 Å². The molecule has 2 unspecified atom stereocenters. The van der Waals surface area contributed by atoms with Gasteiger partial charge in [-0.2, -0.15) is 17.4 Å². The zero-order valence-corrected chi connectivity index (χ0v) is 12.0. The zero-order chi connectivity index (χ0) is 13.5. The van der Waals surface area contributed by atoms with Gasteiger partial charge in [0, 0.05) is 11.8 Å². The van der Waals surface area contributed by atoms with Crippen LogP contribution in [0.2, 0.25) is 0 Å². The van der Waals surface area contributed by atoms with Crippen molar-refractivity contribution in [3.05, 3.63) is 0 Å². The summed E-state index contributed by atoms with van der Waals surface area (Å²) < 4.78 is 28.2. The summed E-state index contributed by atoms with van der Waals surface area (Å²) in [5, 5.41) is 8.85. The molecule has 6 nitrogen and oxygen atoms in total. The summed E-state index contributed by atoms with van der Waals surface area (Å²) in [5.41, 5.74) is 0. The molecule has 1 aliphatic heterocycles. The second kappa shape index (κ2) is 4.99. The van der Waals surface area contributed by atoms with Gasteiger partial charge in [0.15, 0.2) is 0 Å². The molecule has 0 aromatic rings. The summed E-state index contributed by atoms with van der Waals surface area (Å²) in [7, 11) is -3.70. The number of aliphatic carboxylic acids is 1. The molecule has 0 spiro atoms. The number of carbonyl (C=O) groups is 1. The lowest BCUT2D eigenvalue weighted by molar-refractivity contribution is -0.140. The molecule has 1 saturated carbocycles. The van der Waals surface area contributed by atoms with E-state index in [0.29, 0.717) is 5.75 Å². The molecule has 1 heterocycles. The highest BCUT2D eigenvalue weighted by Crippen LogP contribution is 2.36. The van der Waals surface area contributed by atoms with E-state index in [-0.39, 0.29) is 17.3 Å². The van der Waals surface area contributed by atoms with Gasteiger partial charge in [-0.15, -0.1) is 11.8 Å². The molecule has 1 aliphatic carbocycles. The average molecular weight is 294 g/mol. The number of carboxylic acids is 1. The Kier molecular flexibility index (Phi) is 3.91. The van der Waals surface area contributed by atoms with Gasteiger partial charge >= 0.3 is 5.97 Å². The first-order chi connectivity index (χ1) is 8.33. The van der Waals surface area contributed by atoms with Gasteiger partial charge in [0.1, 0.15) is 6.04 Å². The van der Waals surface area contributed by atoms with Crippen LogP contribution in [0, 0.1) is 5.92 Å². The number of hydrogen-bond acceptors (Lipinski definition) is 4. The summed E-state index contributed by atoms with van der Waals surface area (Å²) >= 11 is 1.40. The third-order valence-electron chi connectivity index (χ3n) is 3.01. The lowest BCUT2D eigenvalue weighted by Gasteiger charge is -2.28. The van der Waals surface area contributed by atoms with Gasteiger partial charge in [-0.1, -0.05) is 13.8 Å². The van der Waals surface area contributed by atoms with Crippen LogP contribution in [0.3, 0.4) is 0 Å². The molecule has 0 amide bonds. The number of carboxylic acid groups (broad SMARTS) is 1. The predicted octanol–water partition coefficient (Wildman–Crippen LogP) is 0.467. The highest BCUT2D eigenvalue weighted by atomic mass is 32.2. The van der Waals surface area contributed by atoms with Crippen molar-refractivity contribution in [2.45, 2.75) is 44.1 Å². The van der Waals surface area contributed by atoms with Crippen LogP contribution in [0.4, 0.5) is 0 Å². The van der Waals surface area contributed by atoms with Gasteiger partial charge in [0.25, 0.3) is 10.2 Å². The minimum atomic E-state index is -3.70. The Morgan fingerprint density at radius 1 is 1.44 bits per heavy atom. The fraction of sp³-hybridized carbons (Fsp3) is 0.900. The monoisotopic (exact) mass is 294 g/mol. The van der Waals surface area contributed by atoms with Crippen LogP contribution in [0.5, 0.6) is 0 Å². The molecular weight excluding hydrogens is 276 g/mol. The summed E-state index contributed by atoms with van der Waals surface area (Å²) in [5.74, 6) is -0.689. The Bertz CT molecular complexity index is 433. The Morgan fingerprint density at radius 3 is 2.50 bits per heavy atom. The topological polar surface area (TPSA) is 86.7 Å². The summed E-state index contributed by atoms with van der Waals surface area (Å²) in [6.45, 7) is 3.81. The Morgan fingerprint density at radius 2 is 2.06 bits per heavy atom. The molecule has 0 bridgehead atoms. The molecule has 104 valence electrons. The van der Waals surface area contributed by atoms with E-state index >= 15 is 0 Å². The van der Waals surface area contributed by atoms with Crippen molar-refractivity contribution in [1.82, 2.24) is 9.03 Å². The minimum Gasteiger partial charge on any atom is -0.480 e. The van der Waals surface area contributed by atoms with Crippen molar-refractivity contribution in [3.8, 4) is 0 Å². The summed E-state index contributed by atoms with van der Waals surface area (Å²) in [6, 6.07) is -0.971. The lowest BCUT2D eigenvalue weighted by Crippen LogP contribution is -2.52. The maximum atomic E-state index is 12.3. The van der Waals surface area contributed by atoms with E-state index in [9.17, 15) is 13.2 Å². The van der Waals surface area contributed by atoms with Gasteiger partial charge in [-0.25, -0.2) is 0 Å². The zero-order valence-electron chi connectivity index (χ0n) is 10.4. The maximum Gasteiger partial charge on any atom is 0.322 e. The molecule has 2 atom stereocenters. The third-order valence-corrected chi connectivity index (χ3v) is 6.43. The van der Waals surface area contributed by atoms with Crippen LogP contribution in [0.25, 0.3) is 0 Å². The molecular formula is C10H18N2O4S2. The van der Waals surface area contributed by atoms with Crippen LogP contribution in [-0.4, -0.2) is 47.0 Å². The van der Waals surface area contributed by atoms with Gasteiger partial charge in [-0.05, 0) is 18.8 Å². The Hall–Kier alpha value is -0.310. The molecule has 1 saturated heterocycles. The third kappa shape index (κ3) is 2.81. The first-order valence-corrected chi connectivity index (χ1v) is 8.47.